The van der Waals surface area contributed by atoms with Gasteiger partial charge in [0.25, 0.3) is 5.69 Å². The second-order valence-electron chi connectivity index (χ2n) is 8.95. The lowest BCUT2D eigenvalue weighted by molar-refractivity contribution is -0.385. The molecule has 3 aliphatic heterocycles. The number of anilines is 1. The lowest BCUT2D eigenvalue weighted by Gasteiger charge is -2.47. The van der Waals surface area contributed by atoms with Gasteiger partial charge in [0.05, 0.1) is 22.9 Å². The predicted octanol–water partition coefficient (Wildman–Crippen LogP) is 0.655. The number of benzene rings is 1. The van der Waals surface area contributed by atoms with Crippen LogP contribution in [-0.4, -0.2) is 53.1 Å². The van der Waals surface area contributed by atoms with Gasteiger partial charge in [-0.05, 0) is 31.7 Å². The van der Waals surface area contributed by atoms with Crippen molar-refractivity contribution < 1.29 is 19.3 Å². The van der Waals surface area contributed by atoms with Gasteiger partial charge in [-0.1, -0.05) is 13.0 Å². The highest BCUT2D eigenvalue weighted by atomic mass is 16.6. The molecule has 0 bridgehead atoms. The predicted molar refractivity (Wildman–Crippen MR) is 115 cm³/mol. The van der Waals surface area contributed by atoms with Crippen LogP contribution in [0.3, 0.4) is 0 Å². The van der Waals surface area contributed by atoms with Gasteiger partial charge >= 0.3 is 0 Å². The number of piperidine rings is 2. The van der Waals surface area contributed by atoms with Gasteiger partial charge < -0.3 is 16.0 Å². The Morgan fingerprint density at radius 1 is 1.28 bits per heavy atom. The number of fused-ring (bicyclic) bond motifs is 1. The molecule has 3 heterocycles. The number of carbonyl (C=O) groups is 3. The van der Waals surface area contributed by atoms with Crippen LogP contribution in [0.4, 0.5) is 11.4 Å². The van der Waals surface area contributed by atoms with Crippen molar-refractivity contribution in [3.8, 4) is 0 Å². The highest BCUT2D eigenvalue weighted by Crippen LogP contribution is 2.30. The Hall–Kier alpha value is -3.05. The fourth-order valence-corrected chi connectivity index (χ4v) is 4.83. The third-order valence-corrected chi connectivity index (χ3v) is 6.50. The van der Waals surface area contributed by atoms with E-state index in [1.54, 1.807) is 19.1 Å². The van der Waals surface area contributed by atoms with Crippen LogP contribution in [0.25, 0.3) is 0 Å². The van der Waals surface area contributed by atoms with Crippen molar-refractivity contribution in [3.63, 3.8) is 0 Å². The number of nitro groups is 1. The fourth-order valence-electron chi connectivity index (χ4n) is 4.83. The molecule has 11 nitrogen and oxygen atoms in total. The summed E-state index contributed by atoms with van der Waals surface area (Å²) < 4.78 is 0. The van der Waals surface area contributed by atoms with Crippen molar-refractivity contribution in [2.24, 2.45) is 17.8 Å². The molecule has 32 heavy (non-hydrogen) atoms. The molecule has 5 atom stereocenters. The number of nitrogens with one attached hydrogen (secondary N) is 4. The number of nitro benzene ring substituents is 1. The molecule has 11 heteroatoms. The summed E-state index contributed by atoms with van der Waals surface area (Å²) in [6.45, 7) is 5.44. The van der Waals surface area contributed by atoms with E-state index in [1.165, 1.54) is 6.07 Å². The normalized spacial score (nSPS) is 30.6. The standard InChI is InChI=1S/C21H28N6O5/c1-11-4-3-7-26(10-11)21-24-18-17(20(30)25-21)14(9-16(28)23-18)19(29)22-13-6-5-12(2)15(8-13)27(31)32/h5-6,8,11,14,17-18,21,24H,3-4,7,9-10H2,1-2H3,(H,22,29)(H,23,28)(H,25,30). The Morgan fingerprint density at radius 3 is 2.78 bits per heavy atom. The average molecular weight is 444 g/mol. The molecule has 3 fully saturated rings. The largest absolute Gasteiger partial charge is 0.340 e. The molecule has 4 rings (SSSR count). The van der Waals surface area contributed by atoms with Crippen LogP contribution in [-0.2, 0) is 14.4 Å². The van der Waals surface area contributed by atoms with Crippen LogP contribution in [0.5, 0.6) is 0 Å². The van der Waals surface area contributed by atoms with Crippen molar-refractivity contribution in [1.29, 1.82) is 0 Å². The molecule has 4 N–H and O–H groups in total. The van der Waals surface area contributed by atoms with Crippen molar-refractivity contribution in [1.82, 2.24) is 20.9 Å². The SMILES string of the molecule is Cc1ccc(NC(=O)C2CC(=O)NC3NC(N4CCCC(C)C4)NC(=O)C32)cc1[N+](=O)[O-]. The van der Waals surface area contributed by atoms with E-state index in [-0.39, 0.29) is 29.6 Å². The van der Waals surface area contributed by atoms with E-state index >= 15 is 0 Å². The molecule has 3 saturated heterocycles. The number of carbonyl (C=O) groups excluding carboxylic acids is 3. The molecule has 0 radical (unpaired) electrons. The Balaban J connectivity index is 1.50. The third kappa shape index (κ3) is 4.44. The van der Waals surface area contributed by atoms with Crippen LogP contribution < -0.4 is 21.3 Å². The van der Waals surface area contributed by atoms with E-state index in [2.05, 4.69) is 33.1 Å². The van der Waals surface area contributed by atoms with Crippen LogP contribution in [0.2, 0.25) is 0 Å². The minimum Gasteiger partial charge on any atom is -0.340 e. The number of rotatable bonds is 4. The molecule has 3 aliphatic rings. The molecule has 1 aromatic carbocycles. The zero-order chi connectivity index (χ0) is 23.0. The Labute approximate surface area is 185 Å². The van der Waals surface area contributed by atoms with Crippen molar-refractivity contribution in [2.75, 3.05) is 18.4 Å². The lowest BCUT2D eigenvalue weighted by atomic mass is 9.81. The van der Waals surface area contributed by atoms with E-state index in [4.69, 9.17) is 0 Å². The molecule has 3 amide bonds. The van der Waals surface area contributed by atoms with E-state index in [0.717, 1.165) is 25.9 Å². The van der Waals surface area contributed by atoms with Gasteiger partial charge in [0.1, 0.15) is 6.29 Å². The first-order valence-corrected chi connectivity index (χ1v) is 10.9. The van der Waals surface area contributed by atoms with E-state index in [9.17, 15) is 24.5 Å². The molecule has 0 saturated carbocycles. The Bertz CT molecular complexity index is 953. The highest BCUT2D eigenvalue weighted by Gasteiger charge is 2.49. The first kappa shape index (κ1) is 22.2. The second-order valence-corrected chi connectivity index (χ2v) is 8.95. The van der Waals surface area contributed by atoms with Crippen LogP contribution in [0.15, 0.2) is 18.2 Å². The number of hydrogen-bond donors (Lipinski definition) is 4. The summed E-state index contributed by atoms with van der Waals surface area (Å²) >= 11 is 0. The fraction of sp³-hybridized carbons (Fsp3) is 0.571. The van der Waals surface area contributed by atoms with Crippen molar-refractivity contribution in [3.05, 3.63) is 33.9 Å². The van der Waals surface area contributed by atoms with Crippen LogP contribution in [0, 0.1) is 34.8 Å². The quantitative estimate of drug-likeness (QED) is 0.394. The number of nitrogens with zero attached hydrogens (tertiary/aromatic N) is 2. The van der Waals surface area contributed by atoms with Gasteiger partial charge in [-0.15, -0.1) is 0 Å². The third-order valence-electron chi connectivity index (χ3n) is 6.50. The molecular weight excluding hydrogens is 416 g/mol. The summed E-state index contributed by atoms with van der Waals surface area (Å²) in [5.41, 5.74) is 0.607. The molecule has 5 unspecified atom stereocenters. The van der Waals surface area contributed by atoms with Crippen molar-refractivity contribution >= 4 is 29.1 Å². The minimum atomic E-state index is -0.900. The summed E-state index contributed by atoms with van der Waals surface area (Å²) in [5, 5.41) is 22.9. The monoisotopic (exact) mass is 444 g/mol. The molecule has 0 aromatic heterocycles. The Morgan fingerprint density at radius 2 is 2.06 bits per heavy atom. The molecular formula is C21H28N6O5. The second kappa shape index (κ2) is 8.83. The number of aryl methyl sites for hydroxylation is 1. The molecule has 0 spiro atoms. The van der Waals surface area contributed by atoms with Gasteiger partial charge in [-0.2, -0.15) is 0 Å². The average Bonchev–Trinajstić information content (AvgIpc) is 2.73. The maximum atomic E-state index is 13.0. The van der Waals surface area contributed by atoms with Crippen LogP contribution in [0.1, 0.15) is 31.7 Å². The Kier molecular flexibility index (Phi) is 6.11. The van der Waals surface area contributed by atoms with Crippen LogP contribution >= 0.6 is 0 Å². The number of likely N-dealkylation sites (tertiary alicyclic amines) is 1. The molecule has 0 aliphatic carbocycles. The summed E-state index contributed by atoms with van der Waals surface area (Å²) in [6.07, 6.45) is 0.952. The minimum absolute atomic E-state index is 0.113. The van der Waals surface area contributed by atoms with Crippen molar-refractivity contribution in [2.45, 2.75) is 45.6 Å². The molecule has 1 aromatic rings. The van der Waals surface area contributed by atoms with E-state index in [0.29, 0.717) is 11.5 Å². The number of hydrogen-bond acceptors (Lipinski definition) is 7. The summed E-state index contributed by atoms with van der Waals surface area (Å²) in [4.78, 5) is 51.2. The highest BCUT2D eigenvalue weighted by molar-refractivity contribution is 6.00. The maximum absolute atomic E-state index is 13.0. The molecule has 172 valence electrons. The van der Waals surface area contributed by atoms with Gasteiger partial charge in [0, 0.05) is 36.8 Å². The van der Waals surface area contributed by atoms with Gasteiger partial charge in [-0.3, -0.25) is 34.7 Å². The first-order chi connectivity index (χ1) is 15.2. The zero-order valence-electron chi connectivity index (χ0n) is 18.1. The summed E-state index contributed by atoms with van der Waals surface area (Å²) in [6, 6.07) is 4.39. The first-order valence-electron chi connectivity index (χ1n) is 10.9. The van der Waals surface area contributed by atoms with E-state index < -0.39 is 35.1 Å². The maximum Gasteiger partial charge on any atom is 0.274 e. The lowest BCUT2D eigenvalue weighted by Crippen LogP contribution is -2.74. The topological polar surface area (TPSA) is 146 Å². The van der Waals surface area contributed by atoms with Gasteiger partial charge in [0.15, 0.2) is 0 Å². The summed E-state index contributed by atoms with van der Waals surface area (Å²) in [7, 11) is 0. The summed E-state index contributed by atoms with van der Waals surface area (Å²) in [5.74, 6) is -2.32. The smallest absolute Gasteiger partial charge is 0.274 e. The van der Waals surface area contributed by atoms with Gasteiger partial charge in [0.2, 0.25) is 17.7 Å². The van der Waals surface area contributed by atoms with Gasteiger partial charge in [-0.25, -0.2) is 0 Å². The zero-order valence-corrected chi connectivity index (χ0v) is 18.1. The number of amides is 3. The van der Waals surface area contributed by atoms with E-state index in [1.807, 2.05) is 0 Å².